The molecule has 1 saturated heterocycles. The Hall–Kier alpha value is -2.32. The van der Waals surface area contributed by atoms with E-state index < -0.39 is 0 Å². The van der Waals surface area contributed by atoms with Crippen molar-refractivity contribution in [3.05, 3.63) is 40.4 Å². The van der Waals surface area contributed by atoms with Gasteiger partial charge >= 0.3 is 6.09 Å². The number of anilines is 1. The molecule has 7 nitrogen and oxygen atoms in total. The number of hydrogen-bond donors (Lipinski definition) is 1. The van der Waals surface area contributed by atoms with Gasteiger partial charge in [0.1, 0.15) is 5.75 Å². The van der Waals surface area contributed by atoms with Crippen LogP contribution in [-0.2, 0) is 22.4 Å². The molecule has 1 saturated carbocycles. The molecule has 1 aromatic carbocycles. The van der Waals surface area contributed by atoms with Crippen LogP contribution in [0.25, 0.3) is 0 Å². The predicted octanol–water partition coefficient (Wildman–Crippen LogP) is 3.35. The minimum atomic E-state index is -0.378. The van der Waals surface area contributed by atoms with Crippen molar-refractivity contribution in [3.63, 3.8) is 0 Å². The fraction of sp³-hybridized carbons (Fsp3) is 0.545. The van der Waals surface area contributed by atoms with Crippen LogP contribution < -0.4 is 15.0 Å². The van der Waals surface area contributed by atoms with E-state index in [-0.39, 0.29) is 6.09 Å². The lowest BCUT2D eigenvalue weighted by atomic mass is 10.2. The molecule has 2 heterocycles. The summed E-state index contributed by atoms with van der Waals surface area (Å²) in [6.07, 6.45) is 2.69. The summed E-state index contributed by atoms with van der Waals surface area (Å²) in [5.41, 5.74) is 1.94. The molecule has 0 bridgehead atoms. The third kappa shape index (κ3) is 6.09. The van der Waals surface area contributed by atoms with Crippen molar-refractivity contribution in [1.29, 1.82) is 0 Å². The molecule has 1 aliphatic heterocycles. The van der Waals surface area contributed by atoms with Crippen molar-refractivity contribution in [3.8, 4) is 5.75 Å². The number of amides is 1. The first-order valence-corrected chi connectivity index (χ1v) is 11.3. The van der Waals surface area contributed by atoms with E-state index in [4.69, 9.17) is 19.2 Å². The van der Waals surface area contributed by atoms with Gasteiger partial charge < -0.3 is 24.4 Å². The summed E-state index contributed by atoms with van der Waals surface area (Å²) in [5, 5.41) is 3.83. The van der Waals surface area contributed by atoms with Gasteiger partial charge in [-0.05, 0) is 37.3 Å². The molecule has 2 aliphatic rings. The average Bonchev–Trinajstić information content (AvgIpc) is 3.53. The third-order valence-electron chi connectivity index (χ3n) is 5.16. The Kier molecular flexibility index (Phi) is 7.07. The number of carbonyl (C=O) groups is 1. The normalized spacial score (nSPS) is 16.4. The number of morpholine rings is 1. The number of rotatable bonds is 9. The van der Waals surface area contributed by atoms with Gasteiger partial charge in [-0.1, -0.05) is 12.1 Å². The van der Waals surface area contributed by atoms with Crippen LogP contribution in [0.5, 0.6) is 5.75 Å². The van der Waals surface area contributed by atoms with E-state index in [0.29, 0.717) is 31.4 Å². The Bertz CT molecular complexity index is 847. The molecule has 1 aliphatic carbocycles. The van der Waals surface area contributed by atoms with Crippen molar-refractivity contribution in [2.45, 2.75) is 32.7 Å². The number of benzene rings is 1. The van der Waals surface area contributed by atoms with Gasteiger partial charge in [0, 0.05) is 37.0 Å². The molecular formula is C22H28N3O4S. The molecule has 2 fully saturated rings. The monoisotopic (exact) mass is 430 g/mol. The molecule has 0 spiro atoms. The fourth-order valence-electron chi connectivity index (χ4n) is 3.17. The maximum Gasteiger partial charge on any atom is 0.407 e. The van der Waals surface area contributed by atoms with Crippen molar-refractivity contribution in [1.82, 2.24) is 10.3 Å². The second-order valence-corrected chi connectivity index (χ2v) is 8.81. The highest BCUT2D eigenvalue weighted by Gasteiger charge is 2.23. The number of thiazole rings is 1. The molecule has 1 amide bonds. The van der Waals surface area contributed by atoms with Gasteiger partial charge in [-0.3, -0.25) is 0 Å². The minimum Gasteiger partial charge on any atom is -0.493 e. The van der Waals surface area contributed by atoms with Gasteiger partial charge in [-0.2, -0.15) is 0 Å². The predicted molar refractivity (Wildman–Crippen MR) is 115 cm³/mol. The van der Waals surface area contributed by atoms with Gasteiger partial charge in [0.05, 0.1) is 32.1 Å². The summed E-state index contributed by atoms with van der Waals surface area (Å²) >= 11 is 1.73. The van der Waals surface area contributed by atoms with Crippen LogP contribution in [0, 0.1) is 18.9 Å². The van der Waals surface area contributed by atoms with E-state index in [9.17, 15) is 4.79 Å². The van der Waals surface area contributed by atoms with Crippen LogP contribution in [0.1, 0.15) is 29.0 Å². The van der Waals surface area contributed by atoms with Gasteiger partial charge in [0.15, 0.2) is 5.13 Å². The summed E-state index contributed by atoms with van der Waals surface area (Å²) in [6.45, 7) is 6.84. The Balaban J connectivity index is 1.22. The van der Waals surface area contributed by atoms with Crippen LogP contribution in [0.2, 0.25) is 0 Å². The van der Waals surface area contributed by atoms with Crippen molar-refractivity contribution in [2.24, 2.45) is 5.92 Å². The number of carbonyl (C=O) groups excluding carboxylic acids is 1. The quantitative estimate of drug-likeness (QED) is 0.658. The summed E-state index contributed by atoms with van der Waals surface area (Å²) < 4.78 is 16.5. The molecule has 4 rings (SSSR count). The van der Waals surface area contributed by atoms with Gasteiger partial charge in [0.2, 0.25) is 0 Å². The second-order valence-electron chi connectivity index (χ2n) is 7.63. The van der Waals surface area contributed by atoms with E-state index in [1.165, 1.54) is 4.88 Å². The van der Waals surface area contributed by atoms with Crippen molar-refractivity contribution >= 4 is 22.6 Å². The highest BCUT2D eigenvalue weighted by Crippen LogP contribution is 2.29. The number of ether oxygens (including phenoxy) is 3. The van der Waals surface area contributed by atoms with Crippen molar-refractivity contribution < 1.29 is 19.0 Å². The number of hydrogen-bond acceptors (Lipinski definition) is 7. The third-order valence-corrected chi connectivity index (χ3v) is 6.23. The van der Waals surface area contributed by atoms with Crippen LogP contribution in [0.15, 0.2) is 18.2 Å². The second kappa shape index (κ2) is 10.1. The number of nitrogens with one attached hydrogen (secondary N) is 1. The zero-order chi connectivity index (χ0) is 20.8. The maximum atomic E-state index is 11.7. The Labute approximate surface area is 181 Å². The maximum absolute atomic E-state index is 11.7. The van der Waals surface area contributed by atoms with Crippen LogP contribution in [0.4, 0.5) is 9.93 Å². The molecular weight excluding hydrogens is 402 g/mol. The number of alkyl carbamates (subject to hydrolysis) is 1. The molecule has 8 heteroatoms. The molecule has 0 unspecified atom stereocenters. The highest BCUT2D eigenvalue weighted by atomic mass is 32.1. The summed E-state index contributed by atoms with van der Waals surface area (Å²) in [5.74, 6) is 1.23. The summed E-state index contributed by atoms with van der Waals surface area (Å²) in [7, 11) is 0. The topological polar surface area (TPSA) is 72.9 Å². The smallest absolute Gasteiger partial charge is 0.407 e. The SMILES string of the molecule is Cc1sc(N2CCOCC2)nc1CCOc1[c]c(CNC(=O)OCC2CC2)ccc1. The lowest BCUT2D eigenvalue weighted by molar-refractivity contribution is 0.122. The number of aryl methyl sites for hydroxylation is 1. The zero-order valence-corrected chi connectivity index (χ0v) is 18.1. The average molecular weight is 431 g/mol. The lowest BCUT2D eigenvalue weighted by Crippen LogP contribution is -2.36. The van der Waals surface area contributed by atoms with Crippen LogP contribution in [0.3, 0.4) is 0 Å². The minimum absolute atomic E-state index is 0.370. The van der Waals surface area contributed by atoms with Crippen molar-refractivity contribution in [2.75, 3.05) is 44.4 Å². The number of aromatic nitrogens is 1. The van der Waals surface area contributed by atoms with E-state index in [1.54, 1.807) is 11.3 Å². The molecule has 2 aromatic rings. The molecule has 30 heavy (non-hydrogen) atoms. The van der Waals surface area contributed by atoms with E-state index in [2.05, 4.69) is 23.2 Å². The Morgan fingerprint density at radius 1 is 1.37 bits per heavy atom. The summed E-state index contributed by atoms with van der Waals surface area (Å²) in [4.78, 5) is 20.0. The first-order chi connectivity index (χ1) is 14.7. The molecule has 161 valence electrons. The van der Waals surface area contributed by atoms with Crippen LogP contribution in [-0.4, -0.2) is 50.6 Å². The number of nitrogens with zero attached hydrogens (tertiary/aromatic N) is 2. The van der Waals surface area contributed by atoms with E-state index in [1.807, 2.05) is 18.2 Å². The van der Waals surface area contributed by atoms with Crippen LogP contribution >= 0.6 is 11.3 Å². The first-order valence-electron chi connectivity index (χ1n) is 10.5. The van der Waals surface area contributed by atoms with E-state index >= 15 is 0 Å². The molecule has 0 atom stereocenters. The lowest BCUT2D eigenvalue weighted by Gasteiger charge is -2.26. The molecule has 1 aromatic heterocycles. The van der Waals surface area contributed by atoms with Gasteiger partial charge in [-0.25, -0.2) is 9.78 Å². The van der Waals surface area contributed by atoms with E-state index in [0.717, 1.165) is 62.0 Å². The highest BCUT2D eigenvalue weighted by molar-refractivity contribution is 7.15. The molecule has 1 N–H and O–H groups in total. The van der Waals surface area contributed by atoms with Gasteiger partial charge in [0.25, 0.3) is 0 Å². The summed E-state index contributed by atoms with van der Waals surface area (Å²) in [6, 6.07) is 8.90. The Morgan fingerprint density at radius 3 is 3.00 bits per heavy atom. The fourth-order valence-corrected chi connectivity index (χ4v) is 4.18. The zero-order valence-electron chi connectivity index (χ0n) is 17.3. The standard InChI is InChI=1S/C22H28N3O4S/c1-16-20(24-21(30-16)25-8-11-27-12-9-25)7-10-28-19-4-2-3-18(13-19)14-23-22(26)29-15-17-5-6-17/h2-4,17H,5-12,14-15H2,1H3,(H,23,26). The Morgan fingerprint density at radius 2 is 2.20 bits per heavy atom. The first kappa shape index (κ1) is 20.9. The molecule has 1 radical (unpaired) electrons. The van der Waals surface area contributed by atoms with Gasteiger partial charge in [-0.15, -0.1) is 11.3 Å². The largest absolute Gasteiger partial charge is 0.493 e.